The van der Waals surface area contributed by atoms with Gasteiger partial charge in [0.25, 0.3) is 0 Å². The van der Waals surface area contributed by atoms with Crippen LogP contribution in [0.2, 0.25) is 0 Å². The third kappa shape index (κ3) is 2.43. The van der Waals surface area contributed by atoms with Crippen LogP contribution in [0, 0.1) is 0 Å². The van der Waals surface area contributed by atoms with E-state index in [9.17, 15) is 5.11 Å². The van der Waals surface area contributed by atoms with Gasteiger partial charge >= 0.3 is 0 Å². The molecule has 1 aliphatic rings. The van der Waals surface area contributed by atoms with Crippen LogP contribution >= 0.6 is 0 Å². The first kappa shape index (κ1) is 12.7. The van der Waals surface area contributed by atoms with Gasteiger partial charge in [-0.25, -0.2) is 0 Å². The number of rotatable bonds is 1. The highest BCUT2D eigenvalue weighted by Gasteiger charge is 2.48. The van der Waals surface area contributed by atoms with Crippen molar-refractivity contribution >= 4 is 0 Å². The van der Waals surface area contributed by atoms with Crippen LogP contribution in [0.25, 0.3) is 0 Å². The summed E-state index contributed by atoms with van der Waals surface area (Å²) in [5, 5.41) is 10.5. The lowest BCUT2D eigenvalue weighted by Gasteiger charge is -2.56. The lowest BCUT2D eigenvalue weighted by Crippen LogP contribution is -2.63. The van der Waals surface area contributed by atoms with Crippen molar-refractivity contribution in [2.75, 3.05) is 7.05 Å². The van der Waals surface area contributed by atoms with Gasteiger partial charge in [0.05, 0.1) is 5.60 Å². The van der Waals surface area contributed by atoms with Crippen LogP contribution in [0.15, 0.2) is 12.2 Å². The average Bonchev–Trinajstić information content (AvgIpc) is 1.98. The number of nitrogens with zero attached hydrogens (tertiary/aromatic N) is 1. The SMILES string of the molecule is CC=CC1(O)CC(C)(C)N(C)C(C)(C)C1. The van der Waals surface area contributed by atoms with E-state index in [0.29, 0.717) is 0 Å². The van der Waals surface area contributed by atoms with E-state index in [-0.39, 0.29) is 11.1 Å². The first-order valence-corrected chi connectivity index (χ1v) is 5.73. The second kappa shape index (κ2) is 3.60. The Bertz CT molecular complexity index is 248. The van der Waals surface area contributed by atoms with E-state index in [4.69, 9.17) is 0 Å². The largest absolute Gasteiger partial charge is 0.386 e. The molecular formula is C13H25NO. The molecule has 0 aromatic rings. The monoisotopic (exact) mass is 211 g/mol. The van der Waals surface area contributed by atoms with Crippen LogP contribution in [0.5, 0.6) is 0 Å². The molecule has 0 aromatic carbocycles. The molecule has 0 unspecified atom stereocenters. The van der Waals surface area contributed by atoms with Crippen LogP contribution in [0.4, 0.5) is 0 Å². The summed E-state index contributed by atoms with van der Waals surface area (Å²) >= 11 is 0. The minimum Gasteiger partial charge on any atom is -0.386 e. The van der Waals surface area contributed by atoms with Crippen molar-refractivity contribution in [2.45, 2.75) is 64.1 Å². The highest BCUT2D eigenvalue weighted by Crippen LogP contribution is 2.42. The summed E-state index contributed by atoms with van der Waals surface area (Å²) in [6.45, 7) is 10.8. The molecule has 1 saturated heterocycles. The van der Waals surface area contributed by atoms with Gasteiger partial charge in [-0.05, 0) is 54.5 Å². The molecule has 0 atom stereocenters. The zero-order valence-corrected chi connectivity index (χ0v) is 11.0. The molecule has 1 heterocycles. The van der Waals surface area contributed by atoms with E-state index in [1.807, 2.05) is 19.1 Å². The van der Waals surface area contributed by atoms with Crippen molar-refractivity contribution in [1.29, 1.82) is 0 Å². The van der Waals surface area contributed by atoms with Crippen molar-refractivity contribution in [3.05, 3.63) is 12.2 Å². The molecular weight excluding hydrogens is 186 g/mol. The van der Waals surface area contributed by atoms with Crippen molar-refractivity contribution in [3.8, 4) is 0 Å². The summed E-state index contributed by atoms with van der Waals surface area (Å²) < 4.78 is 0. The highest BCUT2D eigenvalue weighted by atomic mass is 16.3. The molecule has 1 aliphatic heterocycles. The summed E-state index contributed by atoms with van der Waals surface area (Å²) in [6.07, 6.45) is 5.50. The van der Waals surface area contributed by atoms with Gasteiger partial charge in [0.2, 0.25) is 0 Å². The van der Waals surface area contributed by atoms with E-state index >= 15 is 0 Å². The molecule has 88 valence electrons. The zero-order valence-electron chi connectivity index (χ0n) is 11.0. The van der Waals surface area contributed by atoms with Gasteiger partial charge in [-0.15, -0.1) is 0 Å². The topological polar surface area (TPSA) is 23.5 Å². The third-order valence-electron chi connectivity index (χ3n) is 3.77. The Hall–Kier alpha value is -0.340. The molecule has 0 bridgehead atoms. The number of piperidine rings is 1. The number of hydrogen-bond donors (Lipinski definition) is 1. The van der Waals surface area contributed by atoms with Crippen LogP contribution in [0.3, 0.4) is 0 Å². The summed E-state index contributed by atoms with van der Waals surface area (Å²) in [5.41, 5.74) is -0.569. The summed E-state index contributed by atoms with van der Waals surface area (Å²) in [5.74, 6) is 0. The number of likely N-dealkylation sites (tertiary alicyclic amines) is 1. The minimum absolute atomic E-state index is 0.0377. The van der Waals surface area contributed by atoms with Crippen LogP contribution < -0.4 is 0 Å². The van der Waals surface area contributed by atoms with E-state index in [1.54, 1.807) is 0 Å². The second-order valence-electron chi connectivity index (χ2n) is 6.14. The van der Waals surface area contributed by atoms with Gasteiger partial charge in [-0.1, -0.05) is 12.2 Å². The Balaban J connectivity index is 3.03. The van der Waals surface area contributed by atoms with Crippen molar-refractivity contribution in [2.24, 2.45) is 0 Å². The third-order valence-corrected chi connectivity index (χ3v) is 3.77. The van der Waals surface area contributed by atoms with Gasteiger partial charge in [0.1, 0.15) is 0 Å². The summed E-state index contributed by atoms with van der Waals surface area (Å²) in [4.78, 5) is 2.37. The van der Waals surface area contributed by atoms with Crippen LogP contribution in [0.1, 0.15) is 47.5 Å². The molecule has 2 nitrogen and oxygen atoms in total. The lowest BCUT2D eigenvalue weighted by molar-refractivity contribution is -0.0999. The molecule has 0 aromatic heterocycles. The van der Waals surface area contributed by atoms with E-state index in [2.05, 4.69) is 39.6 Å². The van der Waals surface area contributed by atoms with E-state index in [1.165, 1.54) is 0 Å². The highest BCUT2D eigenvalue weighted by molar-refractivity contribution is 5.12. The number of allylic oxidation sites excluding steroid dienone is 1. The Morgan fingerprint density at radius 1 is 1.07 bits per heavy atom. The predicted octanol–water partition coefficient (Wildman–Crippen LogP) is 2.58. The molecule has 1 N–H and O–H groups in total. The Labute approximate surface area is 94.0 Å². The fourth-order valence-electron chi connectivity index (χ4n) is 3.05. The van der Waals surface area contributed by atoms with Crippen molar-refractivity contribution in [1.82, 2.24) is 4.90 Å². The first-order chi connectivity index (χ1) is 6.63. The second-order valence-corrected chi connectivity index (χ2v) is 6.14. The van der Waals surface area contributed by atoms with Crippen molar-refractivity contribution < 1.29 is 5.11 Å². The predicted molar refractivity (Wildman–Crippen MR) is 64.9 cm³/mol. The summed E-state index contributed by atoms with van der Waals surface area (Å²) in [6, 6.07) is 0. The molecule has 0 amide bonds. The van der Waals surface area contributed by atoms with Gasteiger partial charge in [-0.3, -0.25) is 4.90 Å². The molecule has 0 saturated carbocycles. The maximum atomic E-state index is 10.5. The Kier molecular flexibility index (Phi) is 3.05. The molecule has 0 aliphatic carbocycles. The standard InChI is InChI=1S/C13H25NO/c1-7-8-13(15)9-11(2,3)14(6)12(4,5)10-13/h7-8,15H,9-10H2,1-6H3. The Morgan fingerprint density at radius 2 is 1.47 bits per heavy atom. The fourth-order valence-corrected chi connectivity index (χ4v) is 3.05. The normalized spacial score (nSPS) is 29.5. The van der Waals surface area contributed by atoms with E-state index < -0.39 is 5.60 Å². The van der Waals surface area contributed by atoms with Gasteiger partial charge in [0, 0.05) is 11.1 Å². The van der Waals surface area contributed by atoms with Crippen LogP contribution in [-0.4, -0.2) is 33.7 Å². The summed E-state index contributed by atoms with van der Waals surface area (Å²) in [7, 11) is 2.15. The molecule has 0 spiro atoms. The molecule has 1 rings (SSSR count). The number of aliphatic hydroxyl groups is 1. The minimum atomic E-state index is -0.645. The lowest BCUT2D eigenvalue weighted by atomic mass is 9.71. The van der Waals surface area contributed by atoms with E-state index in [0.717, 1.165) is 12.8 Å². The smallest absolute Gasteiger partial charge is 0.0862 e. The van der Waals surface area contributed by atoms with Crippen LogP contribution in [-0.2, 0) is 0 Å². The fraction of sp³-hybridized carbons (Fsp3) is 0.846. The molecule has 0 radical (unpaired) electrons. The van der Waals surface area contributed by atoms with Gasteiger partial charge in [0.15, 0.2) is 0 Å². The van der Waals surface area contributed by atoms with Gasteiger partial charge < -0.3 is 5.11 Å². The average molecular weight is 211 g/mol. The zero-order chi connectivity index (χ0) is 11.9. The Morgan fingerprint density at radius 3 is 1.80 bits per heavy atom. The quantitative estimate of drug-likeness (QED) is 0.674. The van der Waals surface area contributed by atoms with Gasteiger partial charge in [-0.2, -0.15) is 0 Å². The molecule has 15 heavy (non-hydrogen) atoms. The maximum absolute atomic E-state index is 10.5. The molecule has 1 fully saturated rings. The first-order valence-electron chi connectivity index (χ1n) is 5.73. The van der Waals surface area contributed by atoms with Crippen molar-refractivity contribution in [3.63, 3.8) is 0 Å². The maximum Gasteiger partial charge on any atom is 0.0862 e. The number of hydrogen-bond acceptors (Lipinski definition) is 2. The molecule has 2 heteroatoms.